The molecule has 1 aromatic heterocycles. The molecule has 0 unspecified atom stereocenters. The fourth-order valence-electron chi connectivity index (χ4n) is 1.72. The standard InChI is InChI=1S/C14H17N3O/c15-6-4-14(18)13-3-1-2-12(10-13)5-8-17-9-7-16-11-17/h1-3,5,7-11,14,18H,4,6,15H2/b8-5+/t14-/m1/s1. The van der Waals surface area contributed by atoms with E-state index in [0.717, 1.165) is 11.1 Å². The number of hydrogen-bond donors (Lipinski definition) is 2. The van der Waals surface area contributed by atoms with E-state index in [2.05, 4.69) is 4.98 Å². The minimum Gasteiger partial charge on any atom is -0.388 e. The number of benzene rings is 1. The number of aromatic nitrogens is 2. The second kappa shape index (κ2) is 6.14. The quantitative estimate of drug-likeness (QED) is 0.843. The second-order valence-corrected chi connectivity index (χ2v) is 4.09. The zero-order chi connectivity index (χ0) is 12.8. The van der Waals surface area contributed by atoms with Crippen molar-refractivity contribution < 1.29 is 5.11 Å². The van der Waals surface area contributed by atoms with E-state index in [0.29, 0.717) is 13.0 Å². The molecular weight excluding hydrogens is 226 g/mol. The highest BCUT2D eigenvalue weighted by Gasteiger charge is 2.05. The molecule has 18 heavy (non-hydrogen) atoms. The predicted molar refractivity (Wildman–Crippen MR) is 72.5 cm³/mol. The Morgan fingerprint density at radius 3 is 3.06 bits per heavy atom. The van der Waals surface area contributed by atoms with E-state index in [1.165, 1.54) is 0 Å². The normalized spacial score (nSPS) is 13.0. The van der Waals surface area contributed by atoms with Crippen molar-refractivity contribution in [1.82, 2.24) is 9.55 Å². The molecule has 0 radical (unpaired) electrons. The minimum atomic E-state index is -0.489. The Hall–Kier alpha value is -1.91. The van der Waals surface area contributed by atoms with Crippen molar-refractivity contribution >= 4 is 12.3 Å². The Morgan fingerprint density at radius 2 is 2.33 bits per heavy atom. The van der Waals surface area contributed by atoms with E-state index >= 15 is 0 Å². The predicted octanol–water partition coefficient (Wildman–Crippen LogP) is 1.89. The lowest BCUT2D eigenvalue weighted by Crippen LogP contribution is -2.06. The molecule has 0 amide bonds. The fraction of sp³-hybridized carbons (Fsp3) is 0.214. The average Bonchev–Trinajstić information content (AvgIpc) is 2.90. The van der Waals surface area contributed by atoms with Gasteiger partial charge in [-0.05, 0) is 36.2 Å². The van der Waals surface area contributed by atoms with Crippen LogP contribution in [0.2, 0.25) is 0 Å². The third kappa shape index (κ3) is 3.29. The Morgan fingerprint density at radius 1 is 1.44 bits per heavy atom. The van der Waals surface area contributed by atoms with Crippen LogP contribution in [-0.4, -0.2) is 21.2 Å². The number of hydrogen-bond acceptors (Lipinski definition) is 3. The lowest BCUT2D eigenvalue weighted by molar-refractivity contribution is 0.170. The van der Waals surface area contributed by atoms with Gasteiger partial charge in [0.05, 0.1) is 12.4 Å². The molecule has 0 aliphatic carbocycles. The van der Waals surface area contributed by atoms with E-state index in [1.54, 1.807) is 12.5 Å². The van der Waals surface area contributed by atoms with Gasteiger partial charge in [0.2, 0.25) is 0 Å². The van der Waals surface area contributed by atoms with Crippen LogP contribution < -0.4 is 5.73 Å². The van der Waals surface area contributed by atoms with Crippen molar-refractivity contribution in [2.75, 3.05) is 6.54 Å². The first-order valence-corrected chi connectivity index (χ1v) is 5.93. The van der Waals surface area contributed by atoms with E-state index in [1.807, 2.05) is 47.3 Å². The zero-order valence-electron chi connectivity index (χ0n) is 10.1. The SMILES string of the molecule is NCC[C@@H](O)c1cccc(/C=C/n2ccnc2)c1. The highest BCUT2D eigenvalue weighted by Crippen LogP contribution is 2.18. The first kappa shape index (κ1) is 12.5. The molecule has 94 valence electrons. The van der Waals surface area contributed by atoms with Gasteiger partial charge in [0.1, 0.15) is 0 Å². The molecule has 0 saturated carbocycles. The molecule has 0 saturated heterocycles. The molecule has 0 spiro atoms. The lowest BCUT2D eigenvalue weighted by atomic mass is 10.0. The van der Waals surface area contributed by atoms with Gasteiger partial charge in [0.25, 0.3) is 0 Å². The Labute approximate surface area is 106 Å². The van der Waals surface area contributed by atoms with Gasteiger partial charge in [0.15, 0.2) is 0 Å². The summed E-state index contributed by atoms with van der Waals surface area (Å²) in [5.74, 6) is 0. The van der Waals surface area contributed by atoms with Crippen LogP contribution in [0.25, 0.3) is 12.3 Å². The van der Waals surface area contributed by atoms with Crippen LogP contribution in [0.15, 0.2) is 43.0 Å². The molecule has 2 rings (SSSR count). The molecule has 2 aromatic rings. The van der Waals surface area contributed by atoms with Crippen LogP contribution in [0.5, 0.6) is 0 Å². The summed E-state index contributed by atoms with van der Waals surface area (Å²) in [5, 5.41) is 9.88. The van der Waals surface area contributed by atoms with Gasteiger partial charge in [-0.1, -0.05) is 18.2 Å². The third-order valence-electron chi connectivity index (χ3n) is 2.70. The van der Waals surface area contributed by atoms with Gasteiger partial charge in [-0.3, -0.25) is 0 Å². The van der Waals surface area contributed by atoms with Gasteiger partial charge >= 0.3 is 0 Å². The van der Waals surface area contributed by atoms with E-state index in [4.69, 9.17) is 5.73 Å². The minimum absolute atomic E-state index is 0.482. The van der Waals surface area contributed by atoms with Crippen molar-refractivity contribution in [3.8, 4) is 0 Å². The van der Waals surface area contributed by atoms with Crippen molar-refractivity contribution in [1.29, 1.82) is 0 Å². The topological polar surface area (TPSA) is 64.1 Å². The maximum absolute atomic E-state index is 9.88. The highest BCUT2D eigenvalue weighted by molar-refractivity contribution is 5.60. The molecule has 0 aliphatic heterocycles. The van der Waals surface area contributed by atoms with Crippen LogP contribution in [0.4, 0.5) is 0 Å². The second-order valence-electron chi connectivity index (χ2n) is 4.09. The average molecular weight is 243 g/mol. The number of imidazole rings is 1. The summed E-state index contributed by atoms with van der Waals surface area (Å²) in [4.78, 5) is 3.96. The molecule has 0 fully saturated rings. The Bertz CT molecular complexity index is 506. The maximum atomic E-state index is 9.88. The van der Waals surface area contributed by atoms with Crippen molar-refractivity contribution in [3.63, 3.8) is 0 Å². The number of aliphatic hydroxyl groups is 1. The van der Waals surface area contributed by atoms with Crippen molar-refractivity contribution in [2.45, 2.75) is 12.5 Å². The molecule has 4 heteroatoms. The van der Waals surface area contributed by atoms with Gasteiger partial charge < -0.3 is 15.4 Å². The molecule has 1 aromatic carbocycles. The molecule has 1 heterocycles. The summed E-state index contributed by atoms with van der Waals surface area (Å²) in [7, 11) is 0. The van der Waals surface area contributed by atoms with Crippen LogP contribution >= 0.6 is 0 Å². The summed E-state index contributed by atoms with van der Waals surface area (Å²) in [6.07, 6.45) is 9.30. The number of aliphatic hydroxyl groups excluding tert-OH is 1. The summed E-state index contributed by atoms with van der Waals surface area (Å²) in [6, 6.07) is 7.80. The monoisotopic (exact) mass is 243 g/mol. The van der Waals surface area contributed by atoms with Gasteiger partial charge in [-0.2, -0.15) is 0 Å². The molecule has 0 bridgehead atoms. The van der Waals surface area contributed by atoms with Gasteiger partial charge in [-0.15, -0.1) is 0 Å². The zero-order valence-corrected chi connectivity index (χ0v) is 10.1. The lowest BCUT2D eigenvalue weighted by Gasteiger charge is -2.09. The number of nitrogens with two attached hydrogens (primary N) is 1. The van der Waals surface area contributed by atoms with Crippen molar-refractivity contribution in [2.24, 2.45) is 5.73 Å². The molecule has 1 atom stereocenters. The van der Waals surface area contributed by atoms with Crippen molar-refractivity contribution in [3.05, 3.63) is 54.1 Å². The third-order valence-corrected chi connectivity index (χ3v) is 2.70. The smallest absolute Gasteiger partial charge is 0.0986 e. The molecule has 4 nitrogen and oxygen atoms in total. The van der Waals surface area contributed by atoms with Gasteiger partial charge in [-0.25, -0.2) is 4.98 Å². The molecular formula is C14H17N3O. The van der Waals surface area contributed by atoms with Gasteiger partial charge in [0, 0.05) is 18.6 Å². The number of rotatable bonds is 5. The first-order valence-electron chi connectivity index (χ1n) is 5.93. The van der Waals surface area contributed by atoms with Crippen LogP contribution in [0.1, 0.15) is 23.7 Å². The number of nitrogens with zero attached hydrogens (tertiary/aromatic N) is 2. The fourth-order valence-corrected chi connectivity index (χ4v) is 1.72. The Kier molecular flexibility index (Phi) is 4.28. The van der Waals surface area contributed by atoms with Crippen LogP contribution in [0.3, 0.4) is 0 Å². The summed E-state index contributed by atoms with van der Waals surface area (Å²) in [6.45, 7) is 0.482. The van der Waals surface area contributed by atoms with Crippen LogP contribution in [-0.2, 0) is 0 Å². The van der Waals surface area contributed by atoms with E-state index in [9.17, 15) is 5.11 Å². The largest absolute Gasteiger partial charge is 0.388 e. The summed E-state index contributed by atoms with van der Waals surface area (Å²) < 4.78 is 1.86. The van der Waals surface area contributed by atoms with E-state index < -0.39 is 6.10 Å². The highest BCUT2D eigenvalue weighted by atomic mass is 16.3. The maximum Gasteiger partial charge on any atom is 0.0986 e. The summed E-state index contributed by atoms with van der Waals surface area (Å²) in [5.41, 5.74) is 7.38. The Balaban J connectivity index is 2.12. The first-order chi connectivity index (χ1) is 8.79. The molecule has 3 N–H and O–H groups in total. The molecule has 0 aliphatic rings. The van der Waals surface area contributed by atoms with E-state index in [-0.39, 0.29) is 0 Å². The summed E-state index contributed by atoms with van der Waals surface area (Å²) >= 11 is 0. The van der Waals surface area contributed by atoms with Crippen LogP contribution in [0, 0.1) is 0 Å².